The predicted molar refractivity (Wildman–Crippen MR) is 100 cm³/mol. The van der Waals surface area contributed by atoms with Crippen molar-refractivity contribution in [2.24, 2.45) is 0 Å². The van der Waals surface area contributed by atoms with E-state index in [-0.39, 0.29) is 18.7 Å². The zero-order valence-corrected chi connectivity index (χ0v) is 15.0. The van der Waals surface area contributed by atoms with Gasteiger partial charge in [0, 0.05) is 28.6 Å². The molecule has 26 heavy (non-hydrogen) atoms. The maximum atomic E-state index is 12.5. The third-order valence-corrected chi connectivity index (χ3v) is 4.81. The van der Waals surface area contributed by atoms with Gasteiger partial charge < -0.3 is 10.4 Å². The second-order valence-electron chi connectivity index (χ2n) is 6.01. The van der Waals surface area contributed by atoms with Gasteiger partial charge in [0.15, 0.2) is 0 Å². The Kier molecular flexibility index (Phi) is 5.48. The summed E-state index contributed by atoms with van der Waals surface area (Å²) in [6.45, 7) is 1.85. The number of nitrogens with one attached hydrogen (secondary N) is 2. The molecule has 0 unspecified atom stereocenters. The van der Waals surface area contributed by atoms with Gasteiger partial charge in [-0.1, -0.05) is 30.3 Å². The molecule has 0 radical (unpaired) electrons. The van der Waals surface area contributed by atoms with Gasteiger partial charge in [-0.05, 0) is 23.9 Å². The van der Waals surface area contributed by atoms with Gasteiger partial charge in [0.2, 0.25) is 5.91 Å². The fraction of sp³-hybridized carbons (Fsp3) is 0.211. The fourth-order valence-corrected chi connectivity index (χ4v) is 3.40. The van der Waals surface area contributed by atoms with Crippen LogP contribution in [0.2, 0.25) is 0 Å². The Morgan fingerprint density at radius 1 is 1.27 bits per heavy atom. The first-order chi connectivity index (χ1) is 12.5. The lowest BCUT2D eigenvalue weighted by Gasteiger charge is -2.15. The van der Waals surface area contributed by atoms with Crippen molar-refractivity contribution in [3.05, 3.63) is 64.0 Å². The number of H-pyrrole nitrogens is 1. The van der Waals surface area contributed by atoms with Crippen molar-refractivity contribution in [1.82, 2.24) is 15.5 Å². The first-order valence-electron chi connectivity index (χ1n) is 8.17. The van der Waals surface area contributed by atoms with Gasteiger partial charge in [0.1, 0.15) is 6.04 Å². The number of benzene rings is 1. The van der Waals surface area contributed by atoms with Gasteiger partial charge in [-0.2, -0.15) is 16.4 Å². The minimum atomic E-state index is -1.05. The smallest absolute Gasteiger partial charge is 0.326 e. The summed E-state index contributed by atoms with van der Waals surface area (Å²) in [7, 11) is 0. The molecule has 2 heterocycles. The van der Waals surface area contributed by atoms with Crippen LogP contribution in [0, 0.1) is 6.92 Å². The number of thiophene rings is 1. The SMILES string of the molecule is Cc1[nH]nc(-c2ccsc2)c1CC(=O)N[C@H](Cc1ccccc1)C(=O)O. The highest BCUT2D eigenvalue weighted by molar-refractivity contribution is 7.08. The molecule has 0 saturated carbocycles. The Hall–Kier alpha value is -2.93. The van der Waals surface area contributed by atoms with E-state index in [0.29, 0.717) is 0 Å². The average Bonchev–Trinajstić information content (AvgIpc) is 3.26. The van der Waals surface area contributed by atoms with E-state index in [9.17, 15) is 14.7 Å². The molecule has 0 spiro atoms. The molecule has 1 aromatic carbocycles. The molecule has 0 aliphatic heterocycles. The van der Waals surface area contributed by atoms with E-state index < -0.39 is 12.0 Å². The second-order valence-corrected chi connectivity index (χ2v) is 6.79. The predicted octanol–water partition coefficient (Wildman–Crippen LogP) is 2.80. The van der Waals surface area contributed by atoms with Crippen molar-refractivity contribution in [3.63, 3.8) is 0 Å². The molecule has 1 amide bonds. The van der Waals surface area contributed by atoms with E-state index in [2.05, 4.69) is 15.5 Å². The summed E-state index contributed by atoms with van der Waals surface area (Å²) in [5.41, 5.74) is 4.12. The Bertz CT molecular complexity index is 888. The molecule has 3 N–H and O–H groups in total. The quantitative estimate of drug-likeness (QED) is 0.597. The average molecular weight is 369 g/mol. The molecule has 2 aromatic heterocycles. The molecule has 134 valence electrons. The number of hydrogen-bond acceptors (Lipinski definition) is 4. The molecule has 0 saturated heterocycles. The van der Waals surface area contributed by atoms with Crippen LogP contribution >= 0.6 is 11.3 Å². The highest BCUT2D eigenvalue weighted by Gasteiger charge is 2.22. The number of aliphatic carboxylic acids is 1. The van der Waals surface area contributed by atoms with E-state index in [1.807, 2.05) is 54.1 Å². The number of amides is 1. The van der Waals surface area contributed by atoms with E-state index in [1.165, 1.54) is 0 Å². The fourth-order valence-electron chi connectivity index (χ4n) is 2.76. The summed E-state index contributed by atoms with van der Waals surface area (Å²) in [6.07, 6.45) is 0.315. The van der Waals surface area contributed by atoms with Gasteiger partial charge in [0.25, 0.3) is 0 Å². The van der Waals surface area contributed by atoms with Gasteiger partial charge in [-0.15, -0.1) is 0 Å². The van der Waals surface area contributed by atoms with Crippen molar-refractivity contribution in [2.45, 2.75) is 25.8 Å². The highest BCUT2D eigenvalue weighted by Crippen LogP contribution is 2.26. The van der Waals surface area contributed by atoms with Crippen LogP contribution in [0.1, 0.15) is 16.8 Å². The molecule has 0 bridgehead atoms. The van der Waals surface area contributed by atoms with Crippen LogP contribution in [0.4, 0.5) is 0 Å². The Morgan fingerprint density at radius 2 is 2.04 bits per heavy atom. The van der Waals surface area contributed by atoms with Crippen molar-refractivity contribution >= 4 is 23.2 Å². The van der Waals surface area contributed by atoms with Crippen LogP contribution < -0.4 is 5.32 Å². The largest absolute Gasteiger partial charge is 0.480 e. The standard InChI is InChI=1S/C19H19N3O3S/c1-12-15(18(22-21-12)14-7-8-26-11-14)10-17(23)20-16(19(24)25)9-13-5-3-2-4-6-13/h2-8,11,16H,9-10H2,1H3,(H,20,23)(H,21,22)(H,24,25)/t16-/m1/s1. The van der Waals surface area contributed by atoms with Crippen LogP contribution in [0.3, 0.4) is 0 Å². The molecule has 7 heteroatoms. The number of carbonyl (C=O) groups is 2. The van der Waals surface area contributed by atoms with Gasteiger partial charge in [-0.3, -0.25) is 9.89 Å². The number of aromatic amines is 1. The number of aromatic nitrogens is 2. The molecular formula is C19H19N3O3S. The summed E-state index contributed by atoms with van der Waals surface area (Å²) in [6, 6.07) is 10.2. The normalized spacial score (nSPS) is 11.9. The van der Waals surface area contributed by atoms with E-state index in [0.717, 1.165) is 28.1 Å². The summed E-state index contributed by atoms with van der Waals surface area (Å²) in [5.74, 6) is -1.39. The minimum Gasteiger partial charge on any atom is -0.480 e. The minimum absolute atomic E-state index is 0.0755. The van der Waals surface area contributed by atoms with Crippen LogP contribution in [0.15, 0.2) is 47.2 Å². The van der Waals surface area contributed by atoms with Gasteiger partial charge >= 0.3 is 5.97 Å². The number of carbonyl (C=O) groups excluding carboxylic acids is 1. The number of rotatable bonds is 7. The Labute approximate surface area is 154 Å². The summed E-state index contributed by atoms with van der Waals surface area (Å²) in [5, 5.41) is 23.2. The molecule has 0 fully saturated rings. The number of aryl methyl sites for hydroxylation is 1. The number of nitrogens with zero attached hydrogens (tertiary/aromatic N) is 1. The van der Waals surface area contributed by atoms with Crippen molar-refractivity contribution in [3.8, 4) is 11.3 Å². The molecule has 0 aliphatic carbocycles. The monoisotopic (exact) mass is 369 g/mol. The molecule has 0 aliphatic rings. The number of carboxylic acids is 1. The van der Waals surface area contributed by atoms with Crippen molar-refractivity contribution < 1.29 is 14.7 Å². The summed E-state index contributed by atoms with van der Waals surface area (Å²) >= 11 is 1.55. The van der Waals surface area contributed by atoms with Crippen LogP contribution in [-0.4, -0.2) is 33.2 Å². The Morgan fingerprint density at radius 3 is 2.69 bits per heavy atom. The first-order valence-corrected chi connectivity index (χ1v) is 9.11. The van der Waals surface area contributed by atoms with E-state index in [1.54, 1.807) is 11.3 Å². The molecule has 1 atom stereocenters. The van der Waals surface area contributed by atoms with Crippen LogP contribution in [0.25, 0.3) is 11.3 Å². The lowest BCUT2D eigenvalue weighted by molar-refractivity contribution is -0.141. The number of hydrogen-bond donors (Lipinski definition) is 3. The summed E-state index contributed by atoms with van der Waals surface area (Å²) in [4.78, 5) is 24.0. The van der Waals surface area contributed by atoms with Crippen LogP contribution in [-0.2, 0) is 22.4 Å². The number of carboxylic acid groups (broad SMARTS) is 1. The Balaban J connectivity index is 1.72. The van der Waals surface area contributed by atoms with Crippen LogP contribution in [0.5, 0.6) is 0 Å². The topological polar surface area (TPSA) is 95.1 Å². The third-order valence-electron chi connectivity index (χ3n) is 4.12. The molecule has 6 nitrogen and oxygen atoms in total. The molecule has 3 aromatic rings. The van der Waals surface area contributed by atoms with E-state index >= 15 is 0 Å². The maximum Gasteiger partial charge on any atom is 0.326 e. The molecular weight excluding hydrogens is 350 g/mol. The highest BCUT2D eigenvalue weighted by atomic mass is 32.1. The van der Waals surface area contributed by atoms with Crippen molar-refractivity contribution in [2.75, 3.05) is 0 Å². The van der Waals surface area contributed by atoms with Crippen molar-refractivity contribution in [1.29, 1.82) is 0 Å². The van der Waals surface area contributed by atoms with E-state index in [4.69, 9.17) is 0 Å². The third kappa shape index (κ3) is 4.18. The van der Waals surface area contributed by atoms with Gasteiger partial charge in [0.05, 0.1) is 12.1 Å². The second kappa shape index (κ2) is 7.97. The zero-order chi connectivity index (χ0) is 18.5. The van der Waals surface area contributed by atoms with Gasteiger partial charge in [-0.25, -0.2) is 4.79 Å². The molecule has 3 rings (SSSR count). The lowest BCUT2D eigenvalue weighted by atomic mass is 10.0. The maximum absolute atomic E-state index is 12.5. The first kappa shape index (κ1) is 17.9. The lowest BCUT2D eigenvalue weighted by Crippen LogP contribution is -2.43. The summed E-state index contributed by atoms with van der Waals surface area (Å²) < 4.78 is 0. The zero-order valence-electron chi connectivity index (χ0n) is 14.2.